The number of ether oxygens (including phenoxy) is 2. The molecule has 0 bridgehead atoms. The van der Waals surface area contributed by atoms with E-state index in [0.717, 1.165) is 57.8 Å². The standard InChI is InChI=1S/C38H73O10P/c1-3-5-7-9-11-13-15-17-18-20-22-24-26-28-30-38(42)48-36(34-47-49(43,44)46-32-35(40)31-39)33-45-37(41)29-27-25-23-21-19-16-14-12-10-8-6-4-2/h15,17,35-36,39-40H,3-14,16,18-34H2,1-2H3,(H,43,44)/b17-15-. The maximum Gasteiger partial charge on any atom is 0.472 e. The number of carbonyl (C=O) groups excluding carboxylic acids is 2. The maximum atomic E-state index is 12.5. The second-order valence-electron chi connectivity index (χ2n) is 13.3. The Labute approximate surface area is 298 Å². The summed E-state index contributed by atoms with van der Waals surface area (Å²) in [6.45, 7) is 2.36. The lowest BCUT2D eigenvalue weighted by molar-refractivity contribution is -0.161. The van der Waals surface area contributed by atoms with Gasteiger partial charge in [0.1, 0.15) is 12.7 Å². The van der Waals surface area contributed by atoms with E-state index in [2.05, 4.69) is 30.5 Å². The molecular weight excluding hydrogens is 647 g/mol. The molecule has 3 atom stereocenters. The average Bonchev–Trinajstić information content (AvgIpc) is 3.09. The fourth-order valence-corrected chi connectivity index (χ4v) is 6.13. The molecule has 10 nitrogen and oxygen atoms in total. The van der Waals surface area contributed by atoms with Gasteiger partial charge in [-0.2, -0.15) is 0 Å². The minimum Gasteiger partial charge on any atom is -0.462 e. The number of phosphoric acid groups is 1. The molecule has 0 saturated carbocycles. The lowest BCUT2D eigenvalue weighted by Gasteiger charge is -2.20. The van der Waals surface area contributed by atoms with Gasteiger partial charge >= 0.3 is 19.8 Å². The smallest absolute Gasteiger partial charge is 0.462 e. The number of esters is 2. The van der Waals surface area contributed by atoms with Crippen LogP contribution in [-0.2, 0) is 32.7 Å². The Morgan fingerprint density at radius 2 is 1.00 bits per heavy atom. The van der Waals surface area contributed by atoms with Crippen LogP contribution in [0.2, 0.25) is 0 Å². The van der Waals surface area contributed by atoms with Crippen LogP contribution in [0.25, 0.3) is 0 Å². The third kappa shape index (κ3) is 34.9. The Morgan fingerprint density at radius 3 is 1.47 bits per heavy atom. The molecule has 0 rings (SSSR count). The summed E-state index contributed by atoms with van der Waals surface area (Å²) in [7, 11) is -4.61. The molecule has 0 aromatic rings. The number of carbonyl (C=O) groups is 2. The van der Waals surface area contributed by atoms with Crippen molar-refractivity contribution in [2.45, 2.75) is 193 Å². The fourth-order valence-electron chi connectivity index (χ4n) is 5.34. The van der Waals surface area contributed by atoms with Crippen LogP contribution in [0.15, 0.2) is 12.2 Å². The molecule has 0 aliphatic heterocycles. The zero-order valence-corrected chi connectivity index (χ0v) is 32.1. The maximum absolute atomic E-state index is 12.5. The van der Waals surface area contributed by atoms with E-state index >= 15 is 0 Å². The number of aliphatic hydroxyl groups excluding tert-OH is 2. The van der Waals surface area contributed by atoms with E-state index in [1.165, 1.54) is 83.5 Å². The third-order valence-corrected chi connectivity index (χ3v) is 9.37. The summed E-state index contributed by atoms with van der Waals surface area (Å²) in [5, 5.41) is 18.3. The van der Waals surface area contributed by atoms with Crippen molar-refractivity contribution >= 4 is 19.8 Å². The van der Waals surface area contributed by atoms with Gasteiger partial charge in [-0.15, -0.1) is 0 Å². The highest BCUT2D eigenvalue weighted by atomic mass is 31.2. The number of aliphatic hydroxyl groups is 2. The number of hydrogen-bond donors (Lipinski definition) is 3. The first-order valence-electron chi connectivity index (χ1n) is 19.6. The van der Waals surface area contributed by atoms with Crippen molar-refractivity contribution in [2.24, 2.45) is 0 Å². The van der Waals surface area contributed by atoms with E-state index < -0.39 is 51.8 Å². The molecule has 0 fully saturated rings. The third-order valence-electron chi connectivity index (χ3n) is 8.42. The first-order valence-corrected chi connectivity index (χ1v) is 21.1. The van der Waals surface area contributed by atoms with Crippen molar-refractivity contribution in [3.8, 4) is 0 Å². The van der Waals surface area contributed by atoms with Crippen LogP contribution >= 0.6 is 7.82 Å². The van der Waals surface area contributed by atoms with Gasteiger partial charge in [0.15, 0.2) is 6.10 Å². The number of phosphoric ester groups is 1. The quantitative estimate of drug-likeness (QED) is 0.0245. The van der Waals surface area contributed by atoms with Gasteiger partial charge in [-0.05, 0) is 38.5 Å². The molecule has 0 heterocycles. The molecule has 0 radical (unpaired) electrons. The molecule has 3 unspecified atom stereocenters. The molecule has 0 aliphatic carbocycles. The minimum atomic E-state index is -4.61. The zero-order chi connectivity index (χ0) is 36.3. The molecule has 11 heteroatoms. The van der Waals surface area contributed by atoms with Crippen LogP contribution in [0.4, 0.5) is 0 Å². The largest absolute Gasteiger partial charge is 0.472 e. The van der Waals surface area contributed by atoms with Crippen molar-refractivity contribution < 1.29 is 47.8 Å². The minimum absolute atomic E-state index is 0.178. The van der Waals surface area contributed by atoms with Gasteiger partial charge in [-0.1, -0.05) is 142 Å². The first kappa shape index (κ1) is 47.7. The van der Waals surface area contributed by atoms with Crippen LogP contribution in [-0.4, -0.2) is 65.7 Å². The summed E-state index contributed by atoms with van der Waals surface area (Å²) in [6, 6.07) is 0. The highest BCUT2D eigenvalue weighted by molar-refractivity contribution is 7.47. The van der Waals surface area contributed by atoms with Crippen LogP contribution < -0.4 is 0 Å². The van der Waals surface area contributed by atoms with Gasteiger partial charge in [-0.25, -0.2) is 4.57 Å². The van der Waals surface area contributed by atoms with Crippen molar-refractivity contribution in [2.75, 3.05) is 26.4 Å². The summed E-state index contributed by atoms with van der Waals surface area (Å²) in [5.41, 5.74) is 0. The molecule has 0 aliphatic rings. The summed E-state index contributed by atoms with van der Waals surface area (Å²) in [6.07, 6.45) is 30.3. The van der Waals surface area contributed by atoms with Crippen molar-refractivity contribution in [3.63, 3.8) is 0 Å². The Kier molecular flexibility index (Phi) is 34.2. The average molecular weight is 721 g/mol. The van der Waals surface area contributed by atoms with Crippen LogP contribution in [0.5, 0.6) is 0 Å². The predicted octanol–water partition coefficient (Wildman–Crippen LogP) is 9.67. The predicted molar refractivity (Wildman–Crippen MR) is 196 cm³/mol. The second kappa shape index (κ2) is 35.1. The molecule has 0 spiro atoms. The molecule has 0 saturated heterocycles. The van der Waals surface area contributed by atoms with E-state index in [9.17, 15) is 24.2 Å². The molecule has 0 aromatic carbocycles. The van der Waals surface area contributed by atoms with Crippen molar-refractivity contribution in [1.29, 1.82) is 0 Å². The molecule has 3 N–H and O–H groups in total. The Morgan fingerprint density at radius 1 is 0.592 bits per heavy atom. The van der Waals surface area contributed by atoms with Crippen LogP contribution in [0.1, 0.15) is 181 Å². The van der Waals surface area contributed by atoms with Crippen LogP contribution in [0.3, 0.4) is 0 Å². The normalized spacial score (nSPS) is 14.1. The first-order chi connectivity index (χ1) is 23.7. The number of allylic oxidation sites excluding steroid dienone is 2. The van der Waals surface area contributed by atoms with E-state index in [1.807, 2.05) is 0 Å². The Hall–Kier alpha value is -1.29. The van der Waals surface area contributed by atoms with Gasteiger partial charge in [0.25, 0.3) is 0 Å². The van der Waals surface area contributed by atoms with Gasteiger partial charge < -0.3 is 24.6 Å². The second-order valence-corrected chi connectivity index (χ2v) is 14.8. The van der Waals surface area contributed by atoms with Gasteiger partial charge in [0.05, 0.1) is 19.8 Å². The molecule has 0 aromatic heterocycles. The number of rotatable bonds is 37. The van der Waals surface area contributed by atoms with E-state index in [-0.39, 0.29) is 19.4 Å². The van der Waals surface area contributed by atoms with Crippen LogP contribution in [0, 0.1) is 0 Å². The number of unbranched alkanes of at least 4 members (excludes halogenated alkanes) is 21. The Bertz CT molecular complexity index is 837. The fraction of sp³-hybridized carbons (Fsp3) is 0.895. The van der Waals surface area contributed by atoms with Gasteiger partial charge in [-0.3, -0.25) is 18.6 Å². The topological polar surface area (TPSA) is 149 Å². The summed E-state index contributed by atoms with van der Waals surface area (Å²) < 4.78 is 32.6. The monoisotopic (exact) mass is 720 g/mol. The van der Waals surface area contributed by atoms with Crippen molar-refractivity contribution in [1.82, 2.24) is 0 Å². The SMILES string of the molecule is CCCCCCC/C=C\CCCCCCCC(=O)OC(COC(=O)CCCCCCCCCCCCCC)COP(=O)(O)OCC(O)CO. The van der Waals surface area contributed by atoms with E-state index in [4.69, 9.17) is 19.1 Å². The molecule has 290 valence electrons. The summed E-state index contributed by atoms with van der Waals surface area (Å²) in [4.78, 5) is 34.8. The lowest BCUT2D eigenvalue weighted by Crippen LogP contribution is -2.29. The van der Waals surface area contributed by atoms with Crippen molar-refractivity contribution in [3.05, 3.63) is 12.2 Å². The molecular formula is C38H73O10P. The van der Waals surface area contributed by atoms with Gasteiger partial charge in [0.2, 0.25) is 0 Å². The summed E-state index contributed by atoms with van der Waals surface area (Å²) in [5.74, 6) is -0.929. The zero-order valence-electron chi connectivity index (χ0n) is 31.2. The Balaban J connectivity index is 4.36. The van der Waals surface area contributed by atoms with E-state index in [0.29, 0.717) is 12.8 Å². The number of hydrogen-bond acceptors (Lipinski definition) is 9. The lowest BCUT2D eigenvalue weighted by atomic mass is 10.0. The van der Waals surface area contributed by atoms with Gasteiger partial charge in [0, 0.05) is 12.8 Å². The highest BCUT2D eigenvalue weighted by Crippen LogP contribution is 2.43. The molecule has 49 heavy (non-hydrogen) atoms. The summed E-state index contributed by atoms with van der Waals surface area (Å²) >= 11 is 0. The highest BCUT2D eigenvalue weighted by Gasteiger charge is 2.27. The molecule has 0 amide bonds. The van der Waals surface area contributed by atoms with E-state index in [1.54, 1.807) is 0 Å².